The lowest BCUT2D eigenvalue weighted by Gasteiger charge is -1.86. The zero-order chi connectivity index (χ0) is 6.97. The van der Waals surface area contributed by atoms with Gasteiger partial charge in [0.15, 0.2) is 0 Å². The molecule has 50 valence electrons. The monoisotopic (exact) mass is 169 g/mol. The predicted molar refractivity (Wildman–Crippen MR) is 44.6 cm³/mol. The lowest BCUT2D eigenvalue weighted by atomic mass is 10.3. The van der Waals surface area contributed by atoms with Crippen molar-refractivity contribution in [2.75, 3.05) is 0 Å². The normalized spacial score (nSPS) is 10.5. The van der Waals surface area contributed by atoms with Gasteiger partial charge >= 0.3 is 0 Å². The van der Waals surface area contributed by atoms with E-state index in [1.54, 1.807) is 11.3 Å². The van der Waals surface area contributed by atoms with Crippen molar-refractivity contribution in [1.82, 2.24) is 4.98 Å². The Bertz CT molecular complexity index is 355. The van der Waals surface area contributed by atoms with Crippen molar-refractivity contribution in [1.29, 1.82) is 0 Å². The molecule has 1 heterocycles. The fourth-order valence-electron chi connectivity index (χ4n) is 0.829. The van der Waals surface area contributed by atoms with E-state index in [0.29, 0.717) is 0 Å². The maximum atomic E-state index is 5.75. The first-order valence-corrected chi connectivity index (χ1v) is 4.11. The summed E-state index contributed by atoms with van der Waals surface area (Å²) >= 11 is 7.36. The van der Waals surface area contributed by atoms with E-state index in [9.17, 15) is 0 Å². The minimum absolute atomic E-state index is 0.775. The van der Waals surface area contributed by atoms with Crippen LogP contribution in [0.15, 0.2) is 23.7 Å². The van der Waals surface area contributed by atoms with Gasteiger partial charge in [0.1, 0.15) is 0 Å². The standard InChI is InChI=1S/C7H4ClNS/c8-5-1-2-6-7(3-5)10-4-9-6/h1-4H. The van der Waals surface area contributed by atoms with Gasteiger partial charge in [-0.25, -0.2) is 4.98 Å². The summed E-state index contributed by atoms with van der Waals surface area (Å²) in [5, 5.41) is 0.775. The maximum Gasteiger partial charge on any atom is 0.0813 e. The van der Waals surface area contributed by atoms with E-state index in [2.05, 4.69) is 4.98 Å². The molecule has 0 amide bonds. The molecule has 0 aliphatic carbocycles. The first kappa shape index (κ1) is 6.13. The van der Waals surface area contributed by atoms with Crippen molar-refractivity contribution in [2.24, 2.45) is 0 Å². The van der Waals surface area contributed by atoms with E-state index in [-0.39, 0.29) is 0 Å². The SMILES string of the molecule is Clc1ccc2ncsc2c1. The summed E-state index contributed by atoms with van der Waals surface area (Å²) in [6.45, 7) is 0. The van der Waals surface area contributed by atoms with E-state index in [1.807, 2.05) is 23.7 Å². The van der Waals surface area contributed by atoms with Crippen molar-refractivity contribution in [3.8, 4) is 0 Å². The Morgan fingerprint density at radius 1 is 1.40 bits per heavy atom. The zero-order valence-corrected chi connectivity index (χ0v) is 6.62. The van der Waals surface area contributed by atoms with E-state index < -0.39 is 0 Å². The van der Waals surface area contributed by atoms with Crippen molar-refractivity contribution in [2.45, 2.75) is 0 Å². The fraction of sp³-hybridized carbons (Fsp3) is 0. The Balaban J connectivity index is 2.86. The molecule has 0 aliphatic rings. The van der Waals surface area contributed by atoms with E-state index in [4.69, 9.17) is 11.6 Å². The molecule has 3 heteroatoms. The Morgan fingerprint density at radius 3 is 3.20 bits per heavy atom. The highest BCUT2D eigenvalue weighted by Crippen LogP contribution is 2.21. The average Bonchev–Trinajstić information content (AvgIpc) is 2.33. The number of thiazole rings is 1. The van der Waals surface area contributed by atoms with Crippen LogP contribution in [0.4, 0.5) is 0 Å². The lowest BCUT2D eigenvalue weighted by molar-refractivity contribution is 1.50. The average molecular weight is 170 g/mol. The second-order valence-electron chi connectivity index (χ2n) is 1.96. The second kappa shape index (κ2) is 2.22. The van der Waals surface area contributed by atoms with Crippen LogP contribution in [0.1, 0.15) is 0 Å². The quantitative estimate of drug-likeness (QED) is 0.591. The van der Waals surface area contributed by atoms with E-state index >= 15 is 0 Å². The van der Waals surface area contributed by atoms with Gasteiger partial charge in [0.2, 0.25) is 0 Å². The molecule has 0 N–H and O–H groups in total. The van der Waals surface area contributed by atoms with Crippen LogP contribution in [0.5, 0.6) is 0 Å². The third kappa shape index (κ3) is 0.895. The number of fused-ring (bicyclic) bond motifs is 1. The summed E-state index contributed by atoms with van der Waals surface area (Å²) in [6, 6.07) is 5.70. The highest BCUT2D eigenvalue weighted by molar-refractivity contribution is 7.16. The summed E-state index contributed by atoms with van der Waals surface area (Å²) in [5.41, 5.74) is 2.84. The Labute approximate surface area is 67.3 Å². The highest BCUT2D eigenvalue weighted by atomic mass is 35.5. The van der Waals surface area contributed by atoms with Crippen LogP contribution in [-0.2, 0) is 0 Å². The minimum atomic E-state index is 0.775. The molecule has 0 bridgehead atoms. The van der Waals surface area contributed by atoms with Gasteiger partial charge in [-0.3, -0.25) is 0 Å². The topological polar surface area (TPSA) is 12.9 Å². The number of rotatable bonds is 0. The van der Waals surface area contributed by atoms with Crippen LogP contribution in [0.3, 0.4) is 0 Å². The number of halogens is 1. The molecular formula is C7H4ClNS. The van der Waals surface area contributed by atoms with Gasteiger partial charge in [-0.15, -0.1) is 11.3 Å². The molecule has 0 aliphatic heterocycles. The minimum Gasteiger partial charge on any atom is -0.245 e. The van der Waals surface area contributed by atoms with Gasteiger partial charge in [-0.1, -0.05) is 11.6 Å². The van der Waals surface area contributed by atoms with Crippen LogP contribution >= 0.6 is 22.9 Å². The number of benzene rings is 1. The molecule has 0 saturated heterocycles. The first-order chi connectivity index (χ1) is 4.86. The van der Waals surface area contributed by atoms with Crippen molar-refractivity contribution in [3.63, 3.8) is 0 Å². The van der Waals surface area contributed by atoms with Crippen LogP contribution in [0.2, 0.25) is 5.02 Å². The molecular weight excluding hydrogens is 166 g/mol. The number of hydrogen-bond acceptors (Lipinski definition) is 2. The molecule has 0 unspecified atom stereocenters. The molecule has 0 saturated carbocycles. The van der Waals surface area contributed by atoms with Crippen LogP contribution in [0.25, 0.3) is 10.2 Å². The third-order valence-electron chi connectivity index (χ3n) is 1.29. The second-order valence-corrected chi connectivity index (χ2v) is 3.29. The summed E-state index contributed by atoms with van der Waals surface area (Å²) in [4.78, 5) is 4.12. The zero-order valence-electron chi connectivity index (χ0n) is 5.04. The molecule has 0 atom stereocenters. The number of hydrogen-bond donors (Lipinski definition) is 0. The first-order valence-electron chi connectivity index (χ1n) is 2.85. The molecule has 0 spiro atoms. The largest absolute Gasteiger partial charge is 0.245 e. The Hall–Kier alpha value is -0.600. The van der Waals surface area contributed by atoms with Crippen LogP contribution in [-0.4, -0.2) is 4.98 Å². The molecule has 10 heavy (non-hydrogen) atoms. The summed E-state index contributed by atoms with van der Waals surface area (Å²) in [6.07, 6.45) is 0. The summed E-state index contributed by atoms with van der Waals surface area (Å²) < 4.78 is 1.15. The number of nitrogens with zero attached hydrogens (tertiary/aromatic N) is 1. The van der Waals surface area contributed by atoms with Crippen molar-refractivity contribution < 1.29 is 0 Å². The van der Waals surface area contributed by atoms with Gasteiger partial charge in [0, 0.05) is 5.02 Å². The van der Waals surface area contributed by atoms with E-state index in [0.717, 1.165) is 15.2 Å². The van der Waals surface area contributed by atoms with Gasteiger partial charge in [0.25, 0.3) is 0 Å². The molecule has 2 rings (SSSR count). The van der Waals surface area contributed by atoms with Gasteiger partial charge < -0.3 is 0 Å². The molecule has 0 radical (unpaired) electrons. The third-order valence-corrected chi connectivity index (χ3v) is 2.32. The molecule has 1 aromatic heterocycles. The van der Waals surface area contributed by atoms with Gasteiger partial charge in [-0.05, 0) is 18.2 Å². The highest BCUT2D eigenvalue weighted by Gasteiger charge is 1.94. The van der Waals surface area contributed by atoms with Crippen molar-refractivity contribution >= 4 is 33.2 Å². The summed E-state index contributed by atoms with van der Waals surface area (Å²) in [7, 11) is 0. The van der Waals surface area contributed by atoms with Crippen LogP contribution in [0, 0.1) is 0 Å². The molecule has 2 aromatic rings. The van der Waals surface area contributed by atoms with E-state index in [1.165, 1.54) is 0 Å². The fourth-order valence-corrected chi connectivity index (χ4v) is 1.78. The Kier molecular flexibility index (Phi) is 1.36. The summed E-state index contributed by atoms with van der Waals surface area (Å²) in [5.74, 6) is 0. The molecule has 1 nitrogen and oxygen atoms in total. The van der Waals surface area contributed by atoms with Crippen LogP contribution < -0.4 is 0 Å². The number of aromatic nitrogens is 1. The lowest BCUT2D eigenvalue weighted by Crippen LogP contribution is -1.64. The Morgan fingerprint density at radius 2 is 2.30 bits per heavy atom. The molecule has 0 fully saturated rings. The smallest absolute Gasteiger partial charge is 0.0813 e. The van der Waals surface area contributed by atoms with Gasteiger partial charge in [0.05, 0.1) is 15.7 Å². The van der Waals surface area contributed by atoms with Crippen molar-refractivity contribution in [3.05, 3.63) is 28.7 Å². The van der Waals surface area contributed by atoms with Gasteiger partial charge in [-0.2, -0.15) is 0 Å². The maximum absolute atomic E-state index is 5.75. The predicted octanol–water partition coefficient (Wildman–Crippen LogP) is 2.95. The molecule has 1 aromatic carbocycles.